The first-order valence-electron chi connectivity index (χ1n) is 8.06. The second-order valence-electron chi connectivity index (χ2n) is 5.68. The van der Waals surface area contributed by atoms with E-state index in [-0.39, 0.29) is 0 Å². The molecule has 0 atom stereocenters. The van der Waals surface area contributed by atoms with Crippen LogP contribution in [-0.4, -0.2) is 28.0 Å². The molecule has 2 heterocycles. The van der Waals surface area contributed by atoms with Gasteiger partial charge in [-0.05, 0) is 58.0 Å². The summed E-state index contributed by atoms with van der Waals surface area (Å²) in [5.74, 6) is 1.59. The Morgan fingerprint density at radius 1 is 1.04 bits per heavy atom. The minimum atomic E-state index is 0.751. The number of fused-ring (bicyclic) bond motifs is 1. The lowest BCUT2D eigenvalue weighted by Gasteiger charge is -2.21. The number of aromatic amines is 1. The van der Waals surface area contributed by atoms with Gasteiger partial charge < -0.3 is 15.2 Å². The van der Waals surface area contributed by atoms with Crippen LogP contribution in [0.1, 0.15) is 25.4 Å². The Kier molecular flexibility index (Phi) is 4.19. The first-order chi connectivity index (χ1) is 11.1. The molecule has 0 unspecified atom stereocenters. The lowest BCUT2D eigenvalue weighted by Crippen LogP contribution is -2.21. The summed E-state index contributed by atoms with van der Waals surface area (Å²) in [6.07, 6.45) is 0. The van der Waals surface area contributed by atoms with Gasteiger partial charge in [-0.2, -0.15) is 0 Å². The predicted molar refractivity (Wildman–Crippen MR) is 96.6 cm³/mol. The molecule has 0 fully saturated rings. The summed E-state index contributed by atoms with van der Waals surface area (Å²) in [4.78, 5) is 14.6. The Labute approximate surface area is 136 Å². The average Bonchev–Trinajstić information content (AvgIpc) is 2.90. The summed E-state index contributed by atoms with van der Waals surface area (Å²) >= 11 is 0. The first-order valence-corrected chi connectivity index (χ1v) is 8.06. The number of aryl methyl sites for hydroxylation is 2. The highest BCUT2D eigenvalue weighted by atomic mass is 15.1. The van der Waals surface area contributed by atoms with Gasteiger partial charge in [0.15, 0.2) is 0 Å². The monoisotopic (exact) mass is 309 g/mol. The minimum Gasteiger partial charge on any atom is -0.372 e. The van der Waals surface area contributed by atoms with Gasteiger partial charge in [0, 0.05) is 30.2 Å². The zero-order valence-corrected chi connectivity index (χ0v) is 14.1. The van der Waals surface area contributed by atoms with Crippen LogP contribution in [-0.2, 0) is 0 Å². The third kappa shape index (κ3) is 3.13. The Morgan fingerprint density at radius 2 is 1.74 bits per heavy atom. The van der Waals surface area contributed by atoms with Crippen molar-refractivity contribution in [1.82, 2.24) is 15.0 Å². The summed E-state index contributed by atoms with van der Waals surface area (Å²) in [6, 6.07) is 10.5. The fourth-order valence-corrected chi connectivity index (χ4v) is 2.83. The SMILES string of the molecule is CCN(CC)c1ccc(Nc2nc(C)nc3[nH]c(C)cc23)cc1. The van der Waals surface area contributed by atoms with Crippen LogP contribution in [0.2, 0.25) is 0 Å². The number of aromatic nitrogens is 3. The predicted octanol–water partition coefficient (Wildman–Crippen LogP) is 4.16. The molecule has 2 N–H and O–H groups in total. The third-order valence-corrected chi connectivity index (χ3v) is 3.99. The van der Waals surface area contributed by atoms with Gasteiger partial charge in [0.25, 0.3) is 0 Å². The molecule has 0 aliphatic rings. The maximum Gasteiger partial charge on any atom is 0.143 e. The number of H-pyrrole nitrogens is 1. The molecule has 0 aliphatic carbocycles. The second kappa shape index (κ2) is 6.28. The van der Waals surface area contributed by atoms with Crippen molar-refractivity contribution in [2.75, 3.05) is 23.3 Å². The molecule has 3 aromatic rings. The van der Waals surface area contributed by atoms with E-state index in [1.54, 1.807) is 0 Å². The van der Waals surface area contributed by atoms with Gasteiger partial charge in [-0.3, -0.25) is 0 Å². The molecule has 0 amide bonds. The summed E-state index contributed by atoms with van der Waals surface area (Å²) < 4.78 is 0. The van der Waals surface area contributed by atoms with E-state index in [1.165, 1.54) is 5.69 Å². The van der Waals surface area contributed by atoms with Crippen LogP contribution in [0.5, 0.6) is 0 Å². The second-order valence-corrected chi connectivity index (χ2v) is 5.68. The van der Waals surface area contributed by atoms with Crippen LogP contribution < -0.4 is 10.2 Å². The average molecular weight is 309 g/mol. The number of nitrogens with zero attached hydrogens (tertiary/aromatic N) is 3. The summed E-state index contributed by atoms with van der Waals surface area (Å²) in [6.45, 7) is 10.3. The first kappa shape index (κ1) is 15.3. The van der Waals surface area contributed by atoms with E-state index in [0.717, 1.165) is 47.1 Å². The lowest BCUT2D eigenvalue weighted by atomic mass is 10.2. The molecule has 5 nitrogen and oxygen atoms in total. The largest absolute Gasteiger partial charge is 0.372 e. The lowest BCUT2D eigenvalue weighted by molar-refractivity contribution is 0.866. The summed E-state index contributed by atoms with van der Waals surface area (Å²) in [5, 5.41) is 4.43. The molecule has 1 aromatic carbocycles. The highest BCUT2D eigenvalue weighted by Gasteiger charge is 2.09. The van der Waals surface area contributed by atoms with Crippen molar-refractivity contribution in [2.45, 2.75) is 27.7 Å². The molecule has 23 heavy (non-hydrogen) atoms. The van der Waals surface area contributed by atoms with Crippen molar-refractivity contribution >= 4 is 28.2 Å². The topological polar surface area (TPSA) is 56.8 Å². The molecule has 0 spiro atoms. The van der Waals surface area contributed by atoms with Crippen LogP contribution >= 0.6 is 0 Å². The molecule has 2 aromatic heterocycles. The standard InChI is InChI=1S/C18H23N5/c1-5-23(6-2)15-9-7-14(8-10-15)22-18-16-11-12(3)19-17(16)20-13(4)21-18/h7-11H,5-6H2,1-4H3,(H2,19,20,21,22). The van der Waals surface area contributed by atoms with E-state index >= 15 is 0 Å². The van der Waals surface area contributed by atoms with Gasteiger partial charge in [-0.15, -0.1) is 0 Å². The van der Waals surface area contributed by atoms with E-state index in [1.807, 2.05) is 13.8 Å². The zero-order chi connectivity index (χ0) is 16.4. The maximum absolute atomic E-state index is 4.55. The molecule has 0 aliphatic heterocycles. The normalized spacial score (nSPS) is 11.0. The zero-order valence-electron chi connectivity index (χ0n) is 14.1. The highest BCUT2D eigenvalue weighted by molar-refractivity contribution is 5.89. The number of hydrogen-bond acceptors (Lipinski definition) is 4. The number of hydrogen-bond donors (Lipinski definition) is 2. The van der Waals surface area contributed by atoms with Crippen molar-refractivity contribution in [3.63, 3.8) is 0 Å². The Morgan fingerprint density at radius 3 is 2.39 bits per heavy atom. The number of anilines is 3. The Balaban J connectivity index is 1.90. The third-order valence-electron chi connectivity index (χ3n) is 3.99. The molecule has 0 bridgehead atoms. The van der Waals surface area contributed by atoms with Crippen molar-refractivity contribution in [1.29, 1.82) is 0 Å². The van der Waals surface area contributed by atoms with Crippen molar-refractivity contribution in [3.05, 3.63) is 41.9 Å². The molecule has 0 saturated carbocycles. The van der Waals surface area contributed by atoms with Crippen LogP contribution in [0, 0.1) is 13.8 Å². The van der Waals surface area contributed by atoms with E-state index < -0.39 is 0 Å². The Hall–Kier alpha value is -2.56. The van der Waals surface area contributed by atoms with Gasteiger partial charge in [0.2, 0.25) is 0 Å². The van der Waals surface area contributed by atoms with Crippen LogP contribution in [0.3, 0.4) is 0 Å². The van der Waals surface area contributed by atoms with Gasteiger partial charge in [-0.1, -0.05) is 0 Å². The van der Waals surface area contributed by atoms with Crippen LogP contribution in [0.15, 0.2) is 30.3 Å². The molecule has 5 heteroatoms. The summed E-state index contributed by atoms with van der Waals surface area (Å²) in [5.41, 5.74) is 4.22. The van der Waals surface area contributed by atoms with Gasteiger partial charge in [0.05, 0.1) is 5.39 Å². The molecule has 0 saturated heterocycles. The molecule has 0 radical (unpaired) electrons. The van der Waals surface area contributed by atoms with E-state index in [4.69, 9.17) is 0 Å². The minimum absolute atomic E-state index is 0.751. The van der Waals surface area contributed by atoms with Crippen molar-refractivity contribution < 1.29 is 0 Å². The van der Waals surface area contributed by atoms with Crippen LogP contribution in [0.4, 0.5) is 17.2 Å². The smallest absolute Gasteiger partial charge is 0.143 e. The molecule has 3 rings (SSSR count). The van der Waals surface area contributed by atoms with Gasteiger partial charge >= 0.3 is 0 Å². The van der Waals surface area contributed by atoms with Gasteiger partial charge in [0.1, 0.15) is 17.3 Å². The number of nitrogens with one attached hydrogen (secondary N) is 2. The fourth-order valence-electron chi connectivity index (χ4n) is 2.83. The molecular formula is C18H23N5. The summed E-state index contributed by atoms with van der Waals surface area (Å²) in [7, 11) is 0. The number of benzene rings is 1. The highest BCUT2D eigenvalue weighted by Crippen LogP contribution is 2.26. The molecular weight excluding hydrogens is 286 g/mol. The van der Waals surface area contributed by atoms with E-state index in [9.17, 15) is 0 Å². The van der Waals surface area contributed by atoms with E-state index in [2.05, 4.69) is 69.3 Å². The fraction of sp³-hybridized carbons (Fsp3) is 0.333. The van der Waals surface area contributed by atoms with Crippen molar-refractivity contribution in [3.8, 4) is 0 Å². The molecule has 120 valence electrons. The maximum atomic E-state index is 4.55. The van der Waals surface area contributed by atoms with Gasteiger partial charge in [-0.25, -0.2) is 9.97 Å². The Bertz CT molecular complexity index is 800. The van der Waals surface area contributed by atoms with Crippen molar-refractivity contribution in [2.24, 2.45) is 0 Å². The number of rotatable bonds is 5. The quantitative estimate of drug-likeness (QED) is 0.743. The van der Waals surface area contributed by atoms with E-state index in [0.29, 0.717) is 0 Å². The van der Waals surface area contributed by atoms with Crippen LogP contribution in [0.25, 0.3) is 11.0 Å².